The van der Waals surface area contributed by atoms with Crippen LogP contribution >= 0.6 is 0 Å². The first-order valence-corrected chi connectivity index (χ1v) is 11.9. The highest BCUT2D eigenvalue weighted by Crippen LogP contribution is 2.51. The first-order chi connectivity index (χ1) is 14.9. The quantitative estimate of drug-likeness (QED) is 0.438. The number of likely N-dealkylation sites (tertiary alicyclic amines) is 1. The molecule has 3 saturated heterocycles. The Balaban J connectivity index is 1.50. The van der Waals surface area contributed by atoms with Crippen molar-refractivity contribution in [3.05, 3.63) is 35.4 Å². The number of rotatable bonds is 7. The minimum atomic E-state index is -0.399. The minimum Gasteiger partial charge on any atom is -0.497 e. The molecule has 0 spiro atoms. The fraction of sp³-hybridized carbons (Fsp3) is 0.654. The Kier molecular flexibility index (Phi) is 6.73. The number of ether oxygens (including phenoxy) is 2. The third kappa shape index (κ3) is 4.98. The second kappa shape index (κ2) is 9.33. The van der Waals surface area contributed by atoms with Crippen molar-refractivity contribution in [2.75, 3.05) is 33.4 Å². The number of hydrogen-bond acceptors (Lipinski definition) is 5. The van der Waals surface area contributed by atoms with Crippen LogP contribution in [-0.4, -0.2) is 55.2 Å². The van der Waals surface area contributed by atoms with Gasteiger partial charge in [0.15, 0.2) is 0 Å². The van der Waals surface area contributed by atoms with Gasteiger partial charge in [-0.05, 0) is 95.3 Å². The van der Waals surface area contributed by atoms with Gasteiger partial charge in [-0.1, -0.05) is 23.7 Å². The molecule has 0 aromatic heterocycles. The van der Waals surface area contributed by atoms with E-state index in [0.717, 1.165) is 42.8 Å². The smallest absolute Gasteiger partial charge is 0.118 e. The van der Waals surface area contributed by atoms with Crippen LogP contribution in [0, 0.1) is 5.92 Å². The summed E-state index contributed by atoms with van der Waals surface area (Å²) in [5.41, 5.74) is 2.77. The fourth-order valence-electron chi connectivity index (χ4n) is 5.48. The van der Waals surface area contributed by atoms with Crippen molar-refractivity contribution in [2.45, 2.75) is 70.5 Å². The van der Waals surface area contributed by atoms with Crippen molar-refractivity contribution in [3.63, 3.8) is 0 Å². The molecule has 4 aliphatic rings. The summed E-state index contributed by atoms with van der Waals surface area (Å²) in [5, 5.41) is 4.68. The molecular weight excluding hydrogens is 388 g/mol. The lowest BCUT2D eigenvalue weighted by atomic mass is 9.64. The van der Waals surface area contributed by atoms with E-state index in [1.54, 1.807) is 7.11 Å². The maximum absolute atomic E-state index is 6.55. The van der Waals surface area contributed by atoms with Crippen LogP contribution in [0.25, 0.3) is 6.08 Å². The molecule has 2 bridgehead atoms. The Hall–Kier alpha value is -1.85. The van der Waals surface area contributed by atoms with Gasteiger partial charge < -0.3 is 19.2 Å². The Labute approximate surface area is 187 Å². The van der Waals surface area contributed by atoms with E-state index in [1.165, 1.54) is 37.9 Å². The Morgan fingerprint density at radius 3 is 2.55 bits per heavy atom. The third-order valence-corrected chi connectivity index (χ3v) is 7.14. The number of benzene rings is 1. The summed E-state index contributed by atoms with van der Waals surface area (Å²) in [4.78, 5) is 8.42. The molecule has 5 heteroatoms. The molecule has 2 unspecified atom stereocenters. The summed E-state index contributed by atoms with van der Waals surface area (Å²) in [6.07, 6.45) is 9.41. The SMILES string of the molecule is COc1ccc(/C=C2\C(=N\OCCCN3CCCCC3)C3(C)CCC2C(C)(C)O3)cc1. The molecule has 5 rings (SSSR count). The number of fused-ring (bicyclic) bond motifs is 3. The van der Waals surface area contributed by atoms with Crippen molar-refractivity contribution in [1.29, 1.82) is 0 Å². The van der Waals surface area contributed by atoms with Gasteiger partial charge in [-0.3, -0.25) is 0 Å². The standard InChI is InChI=1S/C26H38N2O3/c1-25(2)23-13-14-26(3,31-25)24(22(23)19-20-9-11-21(29-4)12-10-20)27-30-18-8-17-28-15-6-5-7-16-28/h9-12,19,23H,5-8,13-18H2,1-4H3/b22-19-,27-24-. The number of methoxy groups -OCH3 is 1. The first-order valence-electron chi connectivity index (χ1n) is 11.9. The molecule has 170 valence electrons. The highest BCUT2D eigenvalue weighted by atomic mass is 16.6. The zero-order chi connectivity index (χ0) is 21.9. The van der Waals surface area contributed by atoms with Gasteiger partial charge in [0.2, 0.25) is 0 Å². The fourth-order valence-corrected chi connectivity index (χ4v) is 5.48. The molecule has 0 radical (unpaired) electrons. The minimum absolute atomic E-state index is 0.210. The zero-order valence-corrected chi connectivity index (χ0v) is 19.7. The molecule has 1 aromatic carbocycles. The average Bonchev–Trinajstić information content (AvgIpc) is 2.75. The number of nitrogens with zero attached hydrogens (tertiary/aromatic N) is 2. The summed E-state index contributed by atoms with van der Waals surface area (Å²) in [6, 6.07) is 8.21. The van der Waals surface area contributed by atoms with Gasteiger partial charge in [0.25, 0.3) is 0 Å². The maximum Gasteiger partial charge on any atom is 0.118 e. The topological polar surface area (TPSA) is 43.3 Å². The molecule has 31 heavy (non-hydrogen) atoms. The van der Waals surface area contributed by atoms with E-state index >= 15 is 0 Å². The number of hydrogen-bond donors (Lipinski definition) is 0. The molecule has 0 N–H and O–H groups in total. The van der Waals surface area contributed by atoms with Crippen LogP contribution in [-0.2, 0) is 9.57 Å². The van der Waals surface area contributed by atoms with Crippen molar-refractivity contribution < 1.29 is 14.3 Å². The van der Waals surface area contributed by atoms with Gasteiger partial charge in [0.05, 0.1) is 12.7 Å². The normalized spacial score (nSPS) is 30.6. The highest BCUT2D eigenvalue weighted by molar-refractivity contribution is 6.10. The van der Waals surface area contributed by atoms with Crippen molar-refractivity contribution in [2.24, 2.45) is 11.1 Å². The van der Waals surface area contributed by atoms with Crippen LogP contribution in [0.5, 0.6) is 5.75 Å². The van der Waals surface area contributed by atoms with Gasteiger partial charge >= 0.3 is 0 Å². The van der Waals surface area contributed by atoms with E-state index in [0.29, 0.717) is 12.5 Å². The molecule has 3 heterocycles. The molecule has 3 aliphatic heterocycles. The van der Waals surface area contributed by atoms with Gasteiger partial charge in [0.1, 0.15) is 23.7 Å². The first kappa shape index (κ1) is 22.3. The van der Waals surface area contributed by atoms with Crippen molar-refractivity contribution in [3.8, 4) is 5.75 Å². The lowest BCUT2D eigenvalue weighted by molar-refractivity contribution is -0.165. The van der Waals surface area contributed by atoms with E-state index in [-0.39, 0.29) is 5.60 Å². The van der Waals surface area contributed by atoms with E-state index in [4.69, 9.17) is 14.3 Å². The molecule has 1 aromatic rings. The van der Waals surface area contributed by atoms with Crippen LogP contribution in [0.1, 0.15) is 64.9 Å². The molecular formula is C26H38N2O3. The second-order valence-electron chi connectivity index (χ2n) is 9.93. The van der Waals surface area contributed by atoms with E-state index in [2.05, 4.69) is 49.0 Å². The maximum atomic E-state index is 6.55. The van der Waals surface area contributed by atoms with Crippen LogP contribution in [0.4, 0.5) is 0 Å². The van der Waals surface area contributed by atoms with E-state index < -0.39 is 5.60 Å². The summed E-state index contributed by atoms with van der Waals surface area (Å²) >= 11 is 0. The largest absolute Gasteiger partial charge is 0.497 e. The molecule has 5 nitrogen and oxygen atoms in total. The third-order valence-electron chi connectivity index (χ3n) is 7.14. The molecule has 2 atom stereocenters. The molecule has 1 aliphatic carbocycles. The number of oxime groups is 1. The van der Waals surface area contributed by atoms with Crippen molar-refractivity contribution in [1.82, 2.24) is 4.90 Å². The second-order valence-corrected chi connectivity index (χ2v) is 9.93. The highest BCUT2D eigenvalue weighted by Gasteiger charge is 2.55. The summed E-state index contributed by atoms with van der Waals surface area (Å²) in [6.45, 7) is 10.8. The molecule has 1 saturated carbocycles. The molecule has 4 fully saturated rings. The Morgan fingerprint density at radius 2 is 1.87 bits per heavy atom. The Bertz CT molecular complexity index is 808. The monoisotopic (exact) mass is 426 g/mol. The van der Waals surface area contributed by atoms with E-state index in [1.807, 2.05) is 12.1 Å². The average molecular weight is 427 g/mol. The van der Waals surface area contributed by atoms with E-state index in [9.17, 15) is 0 Å². The predicted molar refractivity (Wildman–Crippen MR) is 126 cm³/mol. The van der Waals surface area contributed by atoms with Crippen molar-refractivity contribution >= 4 is 11.8 Å². The Morgan fingerprint density at radius 1 is 1.13 bits per heavy atom. The van der Waals surface area contributed by atoms with Gasteiger partial charge in [-0.2, -0.15) is 0 Å². The summed E-state index contributed by atoms with van der Waals surface area (Å²) in [5.74, 6) is 1.18. The lowest BCUT2D eigenvalue weighted by Crippen LogP contribution is -2.60. The van der Waals surface area contributed by atoms with Crippen LogP contribution in [0.2, 0.25) is 0 Å². The van der Waals surface area contributed by atoms with Gasteiger partial charge in [-0.25, -0.2) is 0 Å². The number of piperidine rings is 1. The summed E-state index contributed by atoms with van der Waals surface area (Å²) in [7, 11) is 1.70. The summed E-state index contributed by atoms with van der Waals surface area (Å²) < 4.78 is 11.9. The van der Waals surface area contributed by atoms with Crippen LogP contribution in [0.3, 0.4) is 0 Å². The molecule has 0 amide bonds. The van der Waals surface area contributed by atoms with Gasteiger partial charge in [-0.15, -0.1) is 0 Å². The lowest BCUT2D eigenvalue weighted by Gasteiger charge is -2.55. The van der Waals surface area contributed by atoms with Gasteiger partial charge in [0, 0.05) is 12.5 Å². The zero-order valence-electron chi connectivity index (χ0n) is 19.7. The van der Waals surface area contributed by atoms with Crippen LogP contribution in [0.15, 0.2) is 35.0 Å². The van der Waals surface area contributed by atoms with Crippen LogP contribution < -0.4 is 4.74 Å². The predicted octanol–water partition coefficient (Wildman–Crippen LogP) is 5.30.